The van der Waals surface area contributed by atoms with Crippen molar-refractivity contribution in [1.29, 1.82) is 0 Å². The van der Waals surface area contributed by atoms with Crippen molar-refractivity contribution in [3.63, 3.8) is 0 Å². The average molecular weight is 290 g/mol. The number of ether oxygens (including phenoxy) is 1. The molecule has 1 aliphatic heterocycles. The maximum atomic E-state index is 12.0. The number of hydrogen-bond acceptors (Lipinski definition) is 4. The summed E-state index contributed by atoms with van der Waals surface area (Å²) in [6.45, 7) is 7.72. The Morgan fingerprint density at radius 1 is 1.33 bits per heavy atom. The Morgan fingerprint density at radius 2 is 2.10 bits per heavy atom. The lowest BCUT2D eigenvalue weighted by Crippen LogP contribution is -2.46. The molecule has 4 heteroatoms. The van der Waals surface area contributed by atoms with E-state index in [4.69, 9.17) is 4.74 Å². The fourth-order valence-electron chi connectivity index (χ4n) is 2.89. The van der Waals surface area contributed by atoms with Crippen molar-refractivity contribution in [2.75, 3.05) is 26.2 Å². The number of esters is 1. The van der Waals surface area contributed by atoms with Crippen LogP contribution in [0.2, 0.25) is 0 Å². The predicted octanol–water partition coefficient (Wildman–Crippen LogP) is 1.98. The molecule has 0 fully saturated rings. The molecule has 0 amide bonds. The van der Waals surface area contributed by atoms with Crippen LogP contribution in [0, 0.1) is 0 Å². The highest BCUT2D eigenvalue weighted by Gasteiger charge is 2.23. The minimum atomic E-state index is -0.236. The Bertz CT molecular complexity index is 462. The molecule has 0 aliphatic carbocycles. The summed E-state index contributed by atoms with van der Waals surface area (Å²) < 4.78 is 5.17. The predicted molar refractivity (Wildman–Crippen MR) is 84.1 cm³/mol. The summed E-state index contributed by atoms with van der Waals surface area (Å²) in [6.07, 6.45) is 2.26. The number of likely N-dealkylation sites (N-methyl/N-ethyl adjacent to an activating group) is 1. The maximum Gasteiger partial charge on any atom is 0.324 e. The fourth-order valence-corrected chi connectivity index (χ4v) is 2.89. The molecule has 4 nitrogen and oxygen atoms in total. The van der Waals surface area contributed by atoms with Gasteiger partial charge in [0, 0.05) is 13.1 Å². The largest absolute Gasteiger partial charge is 0.465 e. The van der Waals surface area contributed by atoms with E-state index in [1.54, 1.807) is 0 Å². The van der Waals surface area contributed by atoms with E-state index in [1.165, 1.54) is 11.1 Å². The molecule has 21 heavy (non-hydrogen) atoms. The summed E-state index contributed by atoms with van der Waals surface area (Å²) >= 11 is 0. The van der Waals surface area contributed by atoms with Gasteiger partial charge in [-0.3, -0.25) is 9.69 Å². The summed E-state index contributed by atoms with van der Waals surface area (Å²) in [5, 5.41) is 3.24. The zero-order chi connectivity index (χ0) is 15.1. The van der Waals surface area contributed by atoms with Crippen molar-refractivity contribution in [3.05, 3.63) is 35.4 Å². The number of benzene rings is 1. The summed E-state index contributed by atoms with van der Waals surface area (Å²) in [6, 6.07) is 8.37. The molecule has 1 aromatic rings. The van der Waals surface area contributed by atoms with Gasteiger partial charge >= 0.3 is 5.97 Å². The normalized spacial score (nSPS) is 16.9. The number of fused-ring (bicyclic) bond motifs is 1. The van der Waals surface area contributed by atoms with Crippen LogP contribution in [0.25, 0.3) is 0 Å². The molecule has 0 bridgehead atoms. The third-order valence-electron chi connectivity index (χ3n) is 3.90. The third kappa shape index (κ3) is 4.55. The lowest BCUT2D eigenvalue weighted by Gasteiger charge is -2.25. The van der Waals surface area contributed by atoms with Crippen molar-refractivity contribution in [3.8, 4) is 0 Å². The van der Waals surface area contributed by atoms with Crippen LogP contribution in [-0.4, -0.2) is 43.2 Å². The number of nitrogens with one attached hydrogen (secondary N) is 1. The molecular weight excluding hydrogens is 264 g/mol. The van der Waals surface area contributed by atoms with Crippen LogP contribution in [0.4, 0.5) is 0 Å². The van der Waals surface area contributed by atoms with Crippen LogP contribution < -0.4 is 5.32 Å². The van der Waals surface area contributed by atoms with E-state index < -0.39 is 0 Å². The van der Waals surface area contributed by atoms with Crippen LogP contribution in [0.3, 0.4) is 0 Å². The number of nitrogens with zero attached hydrogens (tertiary/aromatic N) is 1. The standard InChI is InChI=1S/C17H26N2O2/c1-3-18-16(17(20)21-4-2)13-19-11-7-10-14-8-5-6-9-15(14)12-19/h5-6,8-9,16,18H,3-4,7,10-13H2,1-2H3. The first-order valence-corrected chi connectivity index (χ1v) is 7.93. The second kappa shape index (κ2) is 8.15. The van der Waals surface area contributed by atoms with E-state index >= 15 is 0 Å². The van der Waals surface area contributed by atoms with Gasteiger partial charge in [0.25, 0.3) is 0 Å². The van der Waals surface area contributed by atoms with Crippen molar-refractivity contribution in [2.45, 2.75) is 39.3 Å². The Balaban J connectivity index is 2.01. The number of rotatable bonds is 6. The van der Waals surface area contributed by atoms with Gasteiger partial charge in [0.15, 0.2) is 0 Å². The fraction of sp³-hybridized carbons (Fsp3) is 0.588. The summed E-state index contributed by atoms with van der Waals surface area (Å²) in [7, 11) is 0. The quantitative estimate of drug-likeness (QED) is 0.813. The van der Waals surface area contributed by atoms with E-state index in [2.05, 4.69) is 34.5 Å². The molecule has 0 saturated carbocycles. The molecule has 1 unspecified atom stereocenters. The van der Waals surface area contributed by atoms with E-state index in [-0.39, 0.29) is 12.0 Å². The molecule has 1 aromatic carbocycles. The van der Waals surface area contributed by atoms with Gasteiger partial charge in [-0.05, 0) is 44.0 Å². The Hall–Kier alpha value is -1.39. The molecule has 2 rings (SSSR count). The molecule has 1 heterocycles. The van der Waals surface area contributed by atoms with Crippen molar-refractivity contribution < 1.29 is 9.53 Å². The smallest absolute Gasteiger partial charge is 0.324 e. The third-order valence-corrected chi connectivity index (χ3v) is 3.90. The first-order valence-electron chi connectivity index (χ1n) is 7.93. The lowest BCUT2D eigenvalue weighted by molar-refractivity contribution is -0.146. The molecule has 1 aliphatic rings. The molecular formula is C17H26N2O2. The zero-order valence-electron chi connectivity index (χ0n) is 13.1. The second-order valence-corrected chi connectivity index (χ2v) is 5.47. The van der Waals surface area contributed by atoms with Crippen LogP contribution in [0.15, 0.2) is 24.3 Å². The second-order valence-electron chi connectivity index (χ2n) is 5.47. The number of aryl methyl sites for hydroxylation is 1. The minimum absolute atomic E-state index is 0.142. The van der Waals surface area contributed by atoms with Crippen LogP contribution >= 0.6 is 0 Å². The minimum Gasteiger partial charge on any atom is -0.465 e. The van der Waals surface area contributed by atoms with E-state index in [0.717, 1.165) is 32.5 Å². The van der Waals surface area contributed by atoms with E-state index in [0.29, 0.717) is 13.2 Å². The SMILES string of the molecule is CCNC(CN1CCCc2ccccc2C1)C(=O)OCC. The zero-order valence-corrected chi connectivity index (χ0v) is 13.1. The van der Waals surface area contributed by atoms with Gasteiger partial charge in [0.1, 0.15) is 6.04 Å². The number of hydrogen-bond donors (Lipinski definition) is 1. The monoisotopic (exact) mass is 290 g/mol. The maximum absolute atomic E-state index is 12.0. The van der Waals surface area contributed by atoms with Crippen molar-refractivity contribution in [1.82, 2.24) is 10.2 Å². The average Bonchev–Trinajstić information content (AvgIpc) is 2.68. The molecule has 0 radical (unpaired) electrons. The first-order chi connectivity index (χ1) is 10.2. The van der Waals surface area contributed by atoms with Gasteiger partial charge in [-0.2, -0.15) is 0 Å². The van der Waals surface area contributed by atoms with Gasteiger partial charge < -0.3 is 10.1 Å². The van der Waals surface area contributed by atoms with Gasteiger partial charge in [-0.25, -0.2) is 0 Å². The van der Waals surface area contributed by atoms with E-state index in [1.807, 2.05) is 13.8 Å². The van der Waals surface area contributed by atoms with Crippen LogP contribution in [-0.2, 0) is 22.5 Å². The summed E-state index contributed by atoms with van der Waals surface area (Å²) in [5.74, 6) is -0.142. The highest BCUT2D eigenvalue weighted by molar-refractivity contribution is 5.76. The highest BCUT2D eigenvalue weighted by Crippen LogP contribution is 2.18. The van der Waals surface area contributed by atoms with Crippen LogP contribution in [0.1, 0.15) is 31.4 Å². The lowest BCUT2D eigenvalue weighted by atomic mass is 10.0. The molecule has 1 N–H and O–H groups in total. The molecule has 0 saturated heterocycles. The Kier molecular flexibility index (Phi) is 6.21. The van der Waals surface area contributed by atoms with Gasteiger partial charge in [-0.15, -0.1) is 0 Å². The summed E-state index contributed by atoms with van der Waals surface area (Å²) in [5.41, 5.74) is 2.82. The number of carbonyl (C=O) groups is 1. The Morgan fingerprint density at radius 3 is 2.81 bits per heavy atom. The topological polar surface area (TPSA) is 41.6 Å². The van der Waals surface area contributed by atoms with Gasteiger partial charge in [0.05, 0.1) is 6.61 Å². The van der Waals surface area contributed by atoms with E-state index in [9.17, 15) is 4.79 Å². The van der Waals surface area contributed by atoms with Gasteiger partial charge in [-0.1, -0.05) is 31.2 Å². The van der Waals surface area contributed by atoms with Gasteiger partial charge in [0.2, 0.25) is 0 Å². The van der Waals surface area contributed by atoms with Crippen LogP contribution in [0.5, 0.6) is 0 Å². The molecule has 1 atom stereocenters. The summed E-state index contributed by atoms with van der Waals surface area (Å²) in [4.78, 5) is 14.4. The molecule has 0 aromatic heterocycles. The van der Waals surface area contributed by atoms with Crippen molar-refractivity contribution >= 4 is 5.97 Å². The highest BCUT2D eigenvalue weighted by atomic mass is 16.5. The number of carbonyl (C=O) groups excluding carboxylic acids is 1. The molecule has 116 valence electrons. The first kappa shape index (κ1) is 16.0. The Labute approximate surface area is 127 Å². The molecule has 0 spiro atoms. The van der Waals surface area contributed by atoms with Crippen molar-refractivity contribution in [2.24, 2.45) is 0 Å².